The van der Waals surface area contributed by atoms with Crippen LogP contribution in [-0.2, 0) is 33.8 Å². The van der Waals surface area contributed by atoms with Gasteiger partial charge in [-0.05, 0) is 66.3 Å². The zero-order valence-corrected chi connectivity index (χ0v) is 26.2. The number of carbonyl (C=O) groups is 4. The van der Waals surface area contributed by atoms with Crippen LogP contribution in [0.1, 0.15) is 46.3 Å². The van der Waals surface area contributed by atoms with Gasteiger partial charge in [-0.25, -0.2) is 0 Å². The SMILES string of the molecule is CN(Cc1ccccc1)C(=O)c1cccc(NC(=O)Cc2cccc(NC(=O)C3CCN(C(=O)CCc4ccccc4)CC3)c2)c1. The number of likely N-dealkylation sites (tertiary alicyclic amines) is 1. The second-order valence-corrected chi connectivity index (χ2v) is 11.8. The molecule has 236 valence electrons. The van der Waals surface area contributed by atoms with Crippen molar-refractivity contribution in [2.45, 2.75) is 38.6 Å². The van der Waals surface area contributed by atoms with Crippen LogP contribution in [0.25, 0.3) is 0 Å². The third kappa shape index (κ3) is 9.14. The van der Waals surface area contributed by atoms with E-state index < -0.39 is 0 Å². The molecule has 1 aliphatic heterocycles. The fraction of sp³-hybridized carbons (Fsp3) is 0.263. The van der Waals surface area contributed by atoms with E-state index in [-0.39, 0.29) is 36.0 Å². The van der Waals surface area contributed by atoms with Gasteiger partial charge in [-0.3, -0.25) is 19.2 Å². The Balaban J connectivity index is 1.08. The summed E-state index contributed by atoms with van der Waals surface area (Å²) in [6.45, 7) is 1.63. The molecule has 0 atom stereocenters. The van der Waals surface area contributed by atoms with Crippen molar-refractivity contribution in [3.63, 3.8) is 0 Å². The molecule has 1 fully saturated rings. The van der Waals surface area contributed by atoms with Crippen LogP contribution in [0.4, 0.5) is 11.4 Å². The first-order valence-corrected chi connectivity index (χ1v) is 15.7. The Labute approximate surface area is 270 Å². The van der Waals surface area contributed by atoms with Crippen molar-refractivity contribution >= 4 is 35.0 Å². The monoisotopic (exact) mass is 616 g/mol. The van der Waals surface area contributed by atoms with E-state index in [1.54, 1.807) is 42.3 Å². The fourth-order valence-corrected chi connectivity index (χ4v) is 5.72. The topological polar surface area (TPSA) is 98.8 Å². The van der Waals surface area contributed by atoms with Crippen LogP contribution in [0, 0.1) is 5.92 Å². The summed E-state index contributed by atoms with van der Waals surface area (Å²) < 4.78 is 0. The average Bonchev–Trinajstić information content (AvgIpc) is 3.08. The van der Waals surface area contributed by atoms with E-state index in [2.05, 4.69) is 10.6 Å². The zero-order chi connectivity index (χ0) is 32.3. The Morgan fingerprint density at radius 1 is 0.717 bits per heavy atom. The molecule has 4 aromatic rings. The molecule has 8 heteroatoms. The molecule has 4 aromatic carbocycles. The first kappa shape index (κ1) is 32.2. The van der Waals surface area contributed by atoms with E-state index in [4.69, 9.17) is 0 Å². The van der Waals surface area contributed by atoms with Crippen molar-refractivity contribution in [2.24, 2.45) is 5.92 Å². The third-order valence-corrected chi connectivity index (χ3v) is 8.25. The number of piperidine rings is 1. The summed E-state index contributed by atoms with van der Waals surface area (Å²) in [6.07, 6.45) is 2.53. The summed E-state index contributed by atoms with van der Waals surface area (Å²) in [4.78, 5) is 55.1. The summed E-state index contributed by atoms with van der Waals surface area (Å²) >= 11 is 0. The minimum Gasteiger partial charge on any atom is -0.343 e. The average molecular weight is 617 g/mol. The van der Waals surface area contributed by atoms with Crippen molar-refractivity contribution < 1.29 is 19.2 Å². The van der Waals surface area contributed by atoms with Gasteiger partial charge in [0.05, 0.1) is 6.42 Å². The zero-order valence-electron chi connectivity index (χ0n) is 26.2. The molecule has 1 aliphatic rings. The lowest BCUT2D eigenvalue weighted by molar-refractivity contribution is -0.134. The standard InChI is InChI=1S/C38H40N4O4/c1-41(27-29-12-6-3-7-13-29)38(46)32-15-9-17-34(26-32)39-35(43)25-30-14-8-16-33(24-30)40-37(45)31-20-22-42(23-21-31)36(44)19-18-28-10-4-2-5-11-28/h2-17,24,26,31H,18-23,25,27H2,1H3,(H,39,43)(H,40,45). The summed E-state index contributed by atoms with van der Waals surface area (Å²) in [5.41, 5.74) is 4.60. The first-order chi connectivity index (χ1) is 22.3. The van der Waals surface area contributed by atoms with E-state index in [9.17, 15) is 19.2 Å². The van der Waals surface area contributed by atoms with Crippen LogP contribution in [0.15, 0.2) is 109 Å². The molecule has 0 spiro atoms. The van der Waals surface area contributed by atoms with Crippen molar-refractivity contribution in [2.75, 3.05) is 30.8 Å². The second-order valence-electron chi connectivity index (χ2n) is 11.8. The quantitative estimate of drug-likeness (QED) is 0.218. The van der Waals surface area contributed by atoms with Crippen LogP contribution in [0.2, 0.25) is 0 Å². The molecular weight excluding hydrogens is 576 g/mol. The molecule has 1 heterocycles. The normalized spacial score (nSPS) is 13.1. The first-order valence-electron chi connectivity index (χ1n) is 15.7. The number of nitrogens with one attached hydrogen (secondary N) is 2. The van der Waals surface area contributed by atoms with E-state index in [0.29, 0.717) is 62.3 Å². The highest BCUT2D eigenvalue weighted by Crippen LogP contribution is 2.22. The summed E-state index contributed by atoms with van der Waals surface area (Å²) in [5, 5.41) is 5.89. The van der Waals surface area contributed by atoms with Gasteiger partial charge in [-0.15, -0.1) is 0 Å². The Bertz CT molecular complexity index is 1650. The van der Waals surface area contributed by atoms with Crippen LogP contribution in [-0.4, -0.2) is 53.6 Å². The molecule has 0 unspecified atom stereocenters. The Morgan fingerprint density at radius 3 is 2.02 bits per heavy atom. The van der Waals surface area contributed by atoms with Gasteiger partial charge in [0.15, 0.2) is 0 Å². The fourth-order valence-electron chi connectivity index (χ4n) is 5.72. The van der Waals surface area contributed by atoms with Gasteiger partial charge < -0.3 is 20.4 Å². The predicted octanol–water partition coefficient (Wildman–Crippen LogP) is 5.95. The minimum atomic E-state index is -0.227. The van der Waals surface area contributed by atoms with E-state index >= 15 is 0 Å². The van der Waals surface area contributed by atoms with Crippen LogP contribution in [0.3, 0.4) is 0 Å². The summed E-state index contributed by atoms with van der Waals surface area (Å²) in [5.74, 6) is -0.482. The van der Waals surface area contributed by atoms with Crippen LogP contribution in [0.5, 0.6) is 0 Å². The third-order valence-electron chi connectivity index (χ3n) is 8.25. The highest BCUT2D eigenvalue weighted by molar-refractivity contribution is 5.98. The maximum atomic E-state index is 13.0. The second kappa shape index (κ2) is 15.7. The number of benzene rings is 4. The molecule has 0 saturated carbocycles. The van der Waals surface area contributed by atoms with Gasteiger partial charge in [0.2, 0.25) is 17.7 Å². The Hall–Kier alpha value is -5.24. The molecule has 0 aliphatic carbocycles. The molecule has 0 aromatic heterocycles. The van der Waals surface area contributed by atoms with E-state index in [1.165, 1.54) is 0 Å². The molecule has 46 heavy (non-hydrogen) atoms. The van der Waals surface area contributed by atoms with Gasteiger partial charge in [0, 0.05) is 56.0 Å². The molecule has 5 rings (SSSR count). The number of carbonyl (C=O) groups excluding carboxylic acids is 4. The summed E-state index contributed by atoms with van der Waals surface area (Å²) in [7, 11) is 1.75. The number of nitrogens with zero attached hydrogens (tertiary/aromatic N) is 2. The molecule has 1 saturated heterocycles. The smallest absolute Gasteiger partial charge is 0.253 e. The highest BCUT2D eigenvalue weighted by atomic mass is 16.2. The lowest BCUT2D eigenvalue weighted by Gasteiger charge is -2.31. The van der Waals surface area contributed by atoms with E-state index in [0.717, 1.165) is 16.7 Å². The number of anilines is 2. The molecule has 8 nitrogen and oxygen atoms in total. The maximum absolute atomic E-state index is 13.0. The molecular formula is C38H40N4O4. The molecule has 0 radical (unpaired) electrons. The minimum absolute atomic E-state index is 0.0725. The maximum Gasteiger partial charge on any atom is 0.253 e. The molecule has 2 N–H and O–H groups in total. The van der Waals surface area contributed by atoms with Crippen molar-refractivity contribution in [1.29, 1.82) is 0 Å². The largest absolute Gasteiger partial charge is 0.343 e. The van der Waals surface area contributed by atoms with Gasteiger partial charge in [-0.1, -0.05) is 78.9 Å². The van der Waals surface area contributed by atoms with Gasteiger partial charge in [0.25, 0.3) is 5.91 Å². The summed E-state index contributed by atoms with van der Waals surface area (Å²) in [6, 6.07) is 33.9. The van der Waals surface area contributed by atoms with Crippen LogP contribution >= 0.6 is 0 Å². The number of hydrogen-bond acceptors (Lipinski definition) is 4. The van der Waals surface area contributed by atoms with Gasteiger partial charge >= 0.3 is 0 Å². The highest BCUT2D eigenvalue weighted by Gasteiger charge is 2.27. The van der Waals surface area contributed by atoms with Crippen molar-refractivity contribution in [3.8, 4) is 0 Å². The number of amides is 4. The number of rotatable bonds is 11. The van der Waals surface area contributed by atoms with Crippen molar-refractivity contribution in [1.82, 2.24) is 9.80 Å². The lowest BCUT2D eigenvalue weighted by atomic mass is 9.95. The van der Waals surface area contributed by atoms with Gasteiger partial charge in [0.1, 0.15) is 0 Å². The predicted molar refractivity (Wildman–Crippen MR) is 180 cm³/mol. The Morgan fingerprint density at radius 2 is 1.33 bits per heavy atom. The van der Waals surface area contributed by atoms with E-state index in [1.807, 2.05) is 83.8 Å². The lowest BCUT2D eigenvalue weighted by Crippen LogP contribution is -2.41. The molecule has 4 amide bonds. The number of hydrogen-bond donors (Lipinski definition) is 2. The van der Waals surface area contributed by atoms with Crippen molar-refractivity contribution in [3.05, 3.63) is 131 Å². The molecule has 0 bridgehead atoms. The number of aryl methyl sites for hydroxylation is 1. The Kier molecular flexibility index (Phi) is 10.9. The van der Waals surface area contributed by atoms with Gasteiger partial charge in [-0.2, -0.15) is 0 Å². The van der Waals surface area contributed by atoms with Crippen LogP contribution < -0.4 is 10.6 Å².